The molecule has 0 unspecified atom stereocenters. The Morgan fingerprint density at radius 2 is 0.400 bits per heavy atom. The second kappa shape index (κ2) is 76.2. The number of carboxylic acid groups (broad SMARTS) is 6. The van der Waals surface area contributed by atoms with Gasteiger partial charge in [0, 0.05) is 0 Å². The Balaban J connectivity index is -0.00000000562. The van der Waals surface area contributed by atoms with Crippen LogP contribution in [0.15, 0.2) is 0 Å². The first-order valence-corrected chi connectivity index (χ1v) is 1.84. The summed E-state index contributed by atoms with van der Waals surface area (Å²) in [4.78, 5) is 25.0. The molecule has 0 aliphatic rings. The fraction of sp³-hybridized carbons (Fsp3) is 0. The zero-order valence-electron chi connectivity index (χ0n) is 9.33. The van der Waals surface area contributed by atoms with Gasteiger partial charge in [0.05, 0.1) is 0 Å². The molecule has 0 atom stereocenters. The van der Waals surface area contributed by atoms with E-state index in [0.29, 0.717) is 0 Å². The van der Waals surface area contributed by atoms with Crippen molar-refractivity contribution < 1.29 is 149 Å². The van der Waals surface area contributed by atoms with Crippen molar-refractivity contribution in [1.82, 2.24) is 0 Å². The van der Waals surface area contributed by atoms with Gasteiger partial charge in [-0.1, -0.05) is 0 Å². The van der Waals surface area contributed by atoms with Crippen LogP contribution in [0, 0.1) is 71.2 Å². The third kappa shape index (κ3) is 3170000. The van der Waals surface area contributed by atoms with E-state index in [1.165, 1.54) is 0 Å². The van der Waals surface area contributed by atoms with E-state index < -0.39 is 18.5 Å². The minimum atomic E-state index is -2.33. The molecule has 0 aliphatic carbocycles. The Morgan fingerprint density at radius 3 is 0.400 bits per heavy atom. The molecule has 17 heteroatoms. The fourth-order valence-electron chi connectivity index (χ4n) is 0. The van der Waals surface area contributed by atoms with Crippen LogP contribution in [0.4, 0.5) is 14.4 Å². The van der Waals surface area contributed by atoms with Crippen LogP contribution in [-0.2, 0) is 0 Å². The van der Waals surface area contributed by atoms with Gasteiger partial charge >= 0.3 is 71.2 Å². The third-order valence-corrected chi connectivity index (χ3v) is 0. The van der Waals surface area contributed by atoms with Gasteiger partial charge in [-0.05, 0) is 18.5 Å². The Bertz CT molecular complexity index is 119. The Labute approximate surface area is 166 Å². The molecule has 0 bridgehead atoms. The summed E-state index contributed by atoms with van der Waals surface area (Å²) in [7, 11) is 0. The third-order valence-electron chi connectivity index (χ3n) is 0. The summed E-state index contributed by atoms with van der Waals surface area (Å²) >= 11 is 0. The first kappa shape index (κ1) is 89.4. The van der Waals surface area contributed by atoms with Gasteiger partial charge in [-0.2, -0.15) is 0 Å². The second-order valence-electron chi connectivity index (χ2n) is 0.750. The minimum Gasteiger partial charge on any atom is -0.652 e. The van der Waals surface area contributed by atoms with Crippen molar-refractivity contribution in [2.24, 2.45) is 0 Å². The van der Waals surface area contributed by atoms with Gasteiger partial charge < -0.3 is 77.9 Å². The topological polar surface area (TPSA) is 379 Å². The SMILES string of the molecule is O.O.O.O.O.O.O=C([O-])[O-].O=C([O-])[O-].O=C([O-])[O-].[La+3].[La+3]. The Morgan fingerprint density at radius 1 is 0.400 bits per heavy atom. The Kier molecular flexibility index (Phi) is 340. The van der Waals surface area contributed by atoms with E-state index in [1.54, 1.807) is 0 Å². The molecular weight excluding hydrogens is 554 g/mol. The maximum atomic E-state index is 8.33. The summed E-state index contributed by atoms with van der Waals surface area (Å²) in [6, 6.07) is 0. The smallest absolute Gasteiger partial charge is 0.652 e. The van der Waals surface area contributed by atoms with Crippen LogP contribution in [0.5, 0.6) is 0 Å². The molecule has 0 aromatic heterocycles. The van der Waals surface area contributed by atoms with E-state index in [-0.39, 0.29) is 104 Å². The van der Waals surface area contributed by atoms with Gasteiger partial charge in [0.2, 0.25) is 0 Å². The van der Waals surface area contributed by atoms with Crippen LogP contribution >= 0.6 is 0 Å². The van der Waals surface area contributed by atoms with Crippen molar-refractivity contribution >= 4 is 18.5 Å². The molecule has 120 valence electrons. The normalized spacial score (nSPS) is 3.60. The summed E-state index contributed by atoms with van der Waals surface area (Å²) < 4.78 is 0. The van der Waals surface area contributed by atoms with Crippen molar-refractivity contribution in [2.45, 2.75) is 0 Å². The molecule has 0 spiro atoms. The largest absolute Gasteiger partial charge is 3.00 e. The van der Waals surface area contributed by atoms with Crippen LogP contribution in [0.1, 0.15) is 0 Å². The predicted octanol–water partition coefficient (Wildman–Crippen LogP) is -12.3. The number of hydrogen-bond donors (Lipinski definition) is 0. The maximum absolute atomic E-state index is 8.33. The molecule has 12 N–H and O–H groups in total. The molecule has 0 aromatic carbocycles. The van der Waals surface area contributed by atoms with Crippen molar-refractivity contribution in [2.75, 3.05) is 0 Å². The molecule has 0 rings (SSSR count). The summed E-state index contributed by atoms with van der Waals surface area (Å²) in [5.74, 6) is 0. The van der Waals surface area contributed by atoms with E-state index in [4.69, 9.17) is 45.0 Å². The van der Waals surface area contributed by atoms with E-state index in [9.17, 15) is 0 Å². The first-order valence-electron chi connectivity index (χ1n) is 1.84. The summed E-state index contributed by atoms with van der Waals surface area (Å²) in [6.07, 6.45) is -7.00. The van der Waals surface area contributed by atoms with Gasteiger partial charge in [0.1, 0.15) is 0 Å². The average molecular weight is 566 g/mol. The molecule has 0 fully saturated rings. The quantitative estimate of drug-likeness (QED) is 0.268. The predicted molar refractivity (Wildman–Crippen MR) is 37.9 cm³/mol. The zero-order valence-corrected chi connectivity index (χ0v) is 16.6. The van der Waals surface area contributed by atoms with E-state index >= 15 is 0 Å². The molecule has 0 heterocycles. The molecular formula is C3H12La2O15. The van der Waals surface area contributed by atoms with Crippen LogP contribution in [0.25, 0.3) is 0 Å². The molecule has 20 heavy (non-hydrogen) atoms. The number of carbonyl (C=O) groups excluding carboxylic acids is 3. The van der Waals surface area contributed by atoms with Crippen molar-refractivity contribution in [3.05, 3.63) is 0 Å². The molecule has 0 radical (unpaired) electrons. The van der Waals surface area contributed by atoms with Gasteiger partial charge in [0.25, 0.3) is 0 Å². The molecule has 0 aromatic rings. The van der Waals surface area contributed by atoms with Crippen LogP contribution < -0.4 is 30.6 Å². The standard InChI is InChI=1S/3CH2O3.2La.6H2O/c3*2-1(3)4;;;;;;;;/h3*(H2,2,3,4);;;6*1H2/q;;;2*+3;;;;;;/p-6. The van der Waals surface area contributed by atoms with E-state index in [0.717, 1.165) is 0 Å². The number of hydrogen-bond acceptors (Lipinski definition) is 9. The Hall–Kier alpha value is -0.0404. The zero-order chi connectivity index (χ0) is 10.7. The fourth-order valence-corrected chi connectivity index (χ4v) is 0. The van der Waals surface area contributed by atoms with E-state index in [2.05, 4.69) is 0 Å². The molecule has 15 nitrogen and oxygen atoms in total. The first-order chi connectivity index (χ1) is 5.20. The minimum absolute atomic E-state index is 0. The van der Waals surface area contributed by atoms with Gasteiger partial charge in [-0.15, -0.1) is 0 Å². The summed E-state index contributed by atoms with van der Waals surface area (Å²) in [5.41, 5.74) is 0. The van der Waals surface area contributed by atoms with Crippen LogP contribution in [0.3, 0.4) is 0 Å². The van der Waals surface area contributed by atoms with Crippen molar-refractivity contribution in [3.63, 3.8) is 0 Å². The molecule has 0 amide bonds. The molecule has 0 saturated heterocycles. The van der Waals surface area contributed by atoms with Gasteiger partial charge in [-0.25, -0.2) is 0 Å². The van der Waals surface area contributed by atoms with E-state index in [1.807, 2.05) is 0 Å². The van der Waals surface area contributed by atoms with Crippen molar-refractivity contribution in [1.29, 1.82) is 0 Å². The van der Waals surface area contributed by atoms with Crippen molar-refractivity contribution in [3.8, 4) is 0 Å². The molecule has 0 saturated carbocycles. The summed E-state index contributed by atoms with van der Waals surface area (Å²) in [5, 5.41) is 50.0. The van der Waals surface area contributed by atoms with Crippen LogP contribution in [0.2, 0.25) is 0 Å². The van der Waals surface area contributed by atoms with Gasteiger partial charge in [0.15, 0.2) is 0 Å². The van der Waals surface area contributed by atoms with Crippen LogP contribution in [-0.4, -0.2) is 51.3 Å². The number of rotatable bonds is 0. The average Bonchev–Trinajstić information content (AvgIpc) is 1.54. The van der Waals surface area contributed by atoms with Gasteiger partial charge in [-0.3, -0.25) is 0 Å². The molecule has 0 aliphatic heterocycles. The summed E-state index contributed by atoms with van der Waals surface area (Å²) in [6.45, 7) is 0. The second-order valence-corrected chi connectivity index (χ2v) is 0.750. The number of carbonyl (C=O) groups is 3. The maximum Gasteiger partial charge on any atom is 3.00 e. The monoisotopic (exact) mass is 566 g/mol.